The number of nitrogens with zero attached hydrogens (tertiary/aromatic N) is 2. The van der Waals surface area contributed by atoms with Crippen LogP contribution in [-0.4, -0.2) is 9.78 Å². The Morgan fingerprint density at radius 2 is 2.06 bits per heavy atom. The molecule has 0 radical (unpaired) electrons. The highest BCUT2D eigenvalue weighted by Gasteiger charge is 2.01. The van der Waals surface area contributed by atoms with E-state index in [-0.39, 0.29) is 0 Å². The highest BCUT2D eigenvalue weighted by molar-refractivity contribution is 6.33. The second-order valence-corrected chi connectivity index (χ2v) is 4.15. The Morgan fingerprint density at radius 1 is 1.31 bits per heavy atom. The van der Waals surface area contributed by atoms with E-state index in [9.17, 15) is 0 Å². The molecule has 0 unspecified atom stereocenters. The van der Waals surface area contributed by atoms with Crippen molar-refractivity contribution in [2.75, 3.05) is 5.32 Å². The SMILES string of the molecule is Cc1cc(C)n(CNc2ccccc2Cl)n1. The van der Waals surface area contributed by atoms with Crippen molar-refractivity contribution in [2.45, 2.75) is 20.5 Å². The number of nitrogens with one attached hydrogen (secondary N) is 1. The van der Waals surface area contributed by atoms with Crippen LogP contribution >= 0.6 is 11.6 Å². The summed E-state index contributed by atoms with van der Waals surface area (Å²) in [5, 5.41) is 8.34. The smallest absolute Gasteiger partial charge is 0.110 e. The van der Waals surface area contributed by atoms with Crippen LogP contribution in [0.3, 0.4) is 0 Å². The molecule has 16 heavy (non-hydrogen) atoms. The van der Waals surface area contributed by atoms with Gasteiger partial charge in [-0.05, 0) is 32.0 Å². The summed E-state index contributed by atoms with van der Waals surface area (Å²) < 4.78 is 1.92. The molecule has 84 valence electrons. The maximum Gasteiger partial charge on any atom is 0.110 e. The van der Waals surface area contributed by atoms with Crippen LogP contribution in [0.2, 0.25) is 5.02 Å². The molecule has 0 bridgehead atoms. The lowest BCUT2D eigenvalue weighted by atomic mass is 10.3. The number of halogens is 1. The quantitative estimate of drug-likeness (QED) is 0.885. The molecule has 0 aliphatic carbocycles. The van der Waals surface area contributed by atoms with Gasteiger partial charge in [-0.3, -0.25) is 4.68 Å². The summed E-state index contributed by atoms with van der Waals surface area (Å²) in [5.41, 5.74) is 3.09. The summed E-state index contributed by atoms with van der Waals surface area (Å²) in [7, 11) is 0. The lowest BCUT2D eigenvalue weighted by molar-refractivity contribution is 0.644. The van der Waals surface area contributed by atoms with Gasteiger partial charge in [0.05, 0.1) is 16.4 Å². The molecule has 3 nitrogen and oxygen atoms in total. The molecule has 1 heterocycles. The van der Waals surface area contributed by atoms with E-state index >= 15 is 0 Å². The first-order chi connectivity index (χ1) is 7.66. The number of rotatable bonds is 3. The Balaban J connectivity index is 2.08. The lowest BCUT2D eigenvalue weighted by Crippen LogP contribution is -2.11. The van der Waals surface area contributed by atoms with E-state index in [1.807, 2.05) is 48.9 Å². The van der Waals surface area contributed by atoms with Crippen LogP contribution in [0.1, 0.15) is 11.4 Å². The molecule has 0 aliphatic rings. The first-order valence-electron chi connectivity index (χ1n) is 5.16. The molecule has 0 atom stereocenters. The van der Waals surface area contributed by atoms with Gasteiger partial charge < -0.3 is 5.32 Å². The predicted molar refractivity (Wildman–Crippen MR) is 66.8 cm³/mol. The summed E-state index contributed by atoms with van der Waals surface area (Å²) in [6.07, 6.45) is 0. The molecule has 1 aromatic heterocycles. The number of para-hydroxylation sites is 1. The Kier molecular flexibility index (Phi) is 3.15. The second-order valence-electron chi connectivity index (χ2n) is 3.74. The van der Waals surface area contributed by atoms with E-state index < -0.39 is 0 Å². The topological polar surface area (TPSA) is 29.9 Å². The molecule has 0 spiro atoms. The number of anilines is 1. The minimum Gasteiger partial charge on any atom is -0.365 e. The molecule has 1 N–H and O–H groups in total. The van der Waals surface area contributed by atoms with Gasteiger partial charge in [0.25, 0.3) is 0 Å². The largest absolute Gasteiger partial charge is 0.365 e. The normalized spacial score (nSPS) is 10.4. The molecule has 0 fully saturated rings. The van der Waals surface area contributed by atoms with E-state index in [1.54, 1.807) is 0 Å². The molecular formula is C12H14ClN3. The van der Waals surface area contributed by atoms with Gasteiger partial charge in [0.15, 0.2) is 0 Å². The third kappa shape index (κ3) is 2.36. The zero-order chi connectivity index (χ0) is 11.5. The van der Waals surface area contributed by atoms with Gasteiger partial charge in [0.2, 0.25) is 0 Å². The Morgan fingerprint density at radius 3 is 2.69 bits per heavy atom. The van der Waals surface area contributed by atoms with Crippen molar-refractivity contribution < 1.29 is 0 Å². The van der Waals surface area contributed by atoms with Crippen molar-refractivity contribution in [3.05, 3.63) is 46.7 Å². The van der Waals surface area contributed by atoms with Crippen molar-refractivity contribution in [1.29, 1.82) is 0 Å². The van der Waals surface area contributed by atoms with Crippen LogP contribution < -0.4 is 5.32 Å². The minimum atomic E-state index is 0.628. The predicted octanol–water partition coefficient (Wildman–Crippen LogP) is 3.22. The lowest BCUT2D eigenvalue weighted by Gasteiger charge is -2.09. The second kappa shape index (κ2) is 4.58. The van der Waals surface area contributed by atoms with Gasteiger partial charge in [-0.2, -0.15) is 5.10 Å². The van der Waals surface area contributed by atoms with Crippen LogP contribution in [0, 0.1) is 13.8 Å². The Hall–Kier alpha value is -1.48. The zero-order valence-electron chi connectivity index (χ0n) is 9.37. The van der Waals surface area contributed by atoms with Crippen molar-refractivity contribution in [2.24, 2.45) is 0 Å². The number of aryl methyl sites for hydroxylation is 2. The highest BCUT2D eigenvalue weighted by Crippen LogP contribution is 2.20. The molecule has 2 rings (SSSR count). The average Bonchev–Trinajstić information content (AvgIpc) is 2.56. The van der Waals surface area contributed by atoms with Gasteiger partial charge >= 0.3 is 0 Å². The summed E-state index contributed by atoms with van der Waals surface area (Å²) in [6, 6.07) is 9.74. The molecule has 4 heteroatoms. The molecule has 0 saturated carbocycles. The van der Waals surface area contributed by atoms with Gasteiger partial charge in [-0.1, -0.05) is 23.7 Å². The molecule has 0 amide bonds. The summed E-state index contributed by atoms with van der Waals surface area (Å²) >= 11 is 6.04. The fraction of sp³-hybridized carbons (Fsp3) is 0.250. The molecule has 0 aliphatic heterocycles. The van der Waals surface area contributed by atoms with E-state index in [2.05, 4.69) is 10.4 Å². The third-order valence-electron chi connectivity index (χ3n) is 2.40. The maximum atomic E-state index is 6.04. The number of benzene rings is 1. The summed E-state index contributed by atoms with van der Waals surface area (Å²) in [4.78, 5) is 0. The van der Waals surface area contributed by atoms with Crippen LogP contribution in [0.5, 0.6) is 0 Å². The van der Waals surface area contributed by atoms with Crippen LogP contribution in [-0.2, 0) is 6.67 Å². The first-order valence-corrected chi connectivity index (χ1v) is 5.54. The summed E-state index contributed by atoms with van der Waals surface area (Å²) in [6.45, 7) is 4.65. The molecule has 2 aromatic rings. The fourth-order valence-corrected chi connectivity index (χ4v) is 1.80. The molecule has 1 aromatic carbocycles. The van der Waals surface area contributed by atoms with Crippen molar-refractivity contribution in [3.8, 4) is 0 Å². The number of aromatic nitrogens is 2. The minimum absolute atomic E-state index is 0.628. The average molecular weight is 236 g/mol. The monoisotopic (exact) mass is 235 g/mol. The standard InChI is InChI=1S/C12H14ClN3/c1-9-7-10(2)16(15-9)8-14-12-6-4-3-5-11(12)13/h3-7,14H,8H2,1-2H3. The van der Waals surface area contributed by atoms with Crippen LogP contribution in [0.25, 0.3) is 0 Å². The van der Waals surface area contributed by atoms with E-state index in [0.717, 1.165) is 22.1 Å². The van der Waals surface area contributed by atoms with Crippen molar-refractivity contribution in [3.63, 3.8) is 0 Å². The number of hydrogen-bond acceptors (Lipinski definition) is 2. The number of hydrogen-bond donors (Lipinski definition) is 1. The van der Waals surface area contributed by atoms with Crippen LogP contribution in [0.15, 0.2) is 30.3 Å². The van der Waals surface area contributed by atoms with Crippen molar-refractivity contribution in [1.82, 2.24) is 9.78 Å². The van der Waals surface area contributed by atoms with E-state index in [0.29, 0.717) is 6.67 Å². The van der Waals surface area contributed by atoms with E-state index in [1.165, 1.54) is 0 Å². The van der Waals surface area contributed by atoms with Gasteiger partial charge in [0.1, 0.15) is 6.67 Å². The van der Waals surface area contributed by atoms with Gasteiger partial charge in [-0.15, -0.1) is 0 Å². The molecular weight excluding hydrogens is 222 g/mol. The maximum absolute atomic E-state index is 6.04. The Bertz CT molecular complexity index is 491. The van der Waals surface area contributed by atoms with Crippen molar-refractivity contribution >= 4 is 17.3 Å². The fourth-order valence-electron chi connectivity index (χ4n) is 1.60. The summed E-state index contributed by atoms with van der Waals surface area (Å²) in [5.74, 6) is 0. The Labute approximate surface area is 100 Å². The first kappa shape index (κ1) is 11.0. The van der Waals surface area contributed by atoms with Gasteiger partial charge in [-0.25, -0.2) is 0 Å². The van der Waals surface area contributed by atoms with Crippen LogP contribution in [0.4, 0.5) is 5.69 Å². The zero-order valence-corrected chi connectivity index (χ0v) is 10.1. The van der Waals surface area contributed by atoms with E-state index in [4.69, 9.17) is 11.6 Å². The third-order valence-corrected chi connectivity index (χ3v) is 2.73. The van der Waals surface area contributed by atoms with Gasteiger partial charge in [0, 0.05) is 5.69 Å². The highest BCUT2D eigenvalue weighted by atomic mass is 35.5. The molecule has 0 saturated heterocycles.